The van der Waals surface area contributed by atoms with E-state index < -0.39 is 5.50 Å². The highest BCUT2D eigenvalue weighted by Crippen LogP contribution is 2.32. The van der Waals surface area contributed by atoms with E-state index in [1.54, 1.807) is 18.2 Å². The third kappa shape index (κ3) is 4.04. The summed E-state index contributed by atoms with van der Waals surface area (Å²) in [6.45, 7) is 4.04. The molecular weight excluding hydrogens is 409 g/mol. The number of hydrogen-bond acceptors (Lipinski definition) is 3. The number of halogens is 2. The molecule has 148 valence electrons. The summed E-state index contributed by atoms with van der Waals surface area (Å²) in [5.74, 6) is -0.536. The highest BCUT2D eigenvalue weighted by atomic mass is 35.5. The molecule has 1 amide bonds. The van der Waals surface area contributed by atoms with Gasteiger partial charge < -0.3 is 15.2 Å². The molecule has 2 aromatic carbocycles. The van der Waals surface area contributed by atoms with Crippen LogP contribution in [0.4, 0.5) is 10.1 Å². The molecule has 0 bridgehead atoms. The van der Waals surface area contributed by atoms with Crippen LogP contribution < -0.4 is 10.6 Å². The maximum absolute atomic E-state index is 13.9. The van der Waals surface area contributed by atoms with Crippen LogP contribution in [0.3, 0.4) is 0 Å². The molecule has 7 heteroatoms. The van der Waals surface area contributed by atoms with E-state index in [0.29, 0.717) is 15.6 Å². The molecule has 0 saturated carbocycles. The molecular formula is C22H19ClFN3OS. The van der Waals surface area contributed by atoms with E-state index in [1.165, 1.54) is 17.8 Å². The summed E-state index contributed by atoms with van der Waals surface area (Å²) in [5.41, 5.74) is 3.98. The highest BCUT2D eigenvalue weighted by molar-refractivity contribution is 8.05. The molecule has 2 N–H and O–H groups in total. The second kappa shape index (κ2) is 7.97. The molecule has 4 nitrogen and oxygen atoms in total. The van der Waals surface area contributed by atoms with Crippen molar-refractivity contribution in [2.24, 2.45) is 0 Å². The zero-order valence-corrected chi connectivity index (χ0v) is 17.4. The van der Waals surface area contributed by atoms with E-state index in [1.807, 2.05) is 50.3 Å². The number of benzene rings is 2. The molecule has 0 spiro atoms. The van der Waals surface area contributed by atoms with Gasteiger partial charge in [0.2, 0.25) is 0 Å². The number of aryl methyl sites for hydroxylation is 1. The van der Waals surface area contributed by atoms with Crippen LogP contribution in [-0.2, 0) is 4.79 Å². The fourth-order valence-corrected chi connectivity index (χ4v) is 4.44. The third-order valence-electron chi connectivity index (χ3n) is 4.73. The van der Waals surface area contributed by atoms with Gasteiger partial charge in [-0.15, -0.1) is 0 Å². The van der Waals surface area contributed by atoms with Crippen LogP contribution in [0, 0.1) is 19.7 Å². The van der Waals surface area contributed by atoms with Crippen LogP contribution in [0.1, 0.15) is 17.0 Å². The van der Waals surface area contributed by atoms with Gasteiger partial charge in [0.05, 0.1) is 10.6 Å². The van der Waals surface area contributed by atoms with Gasteiger partial charge in [-0.05, 0) is 68.0 Å². The molecule has 1 aromatic heterocycles. The maximum Gasteiger partial charge on any atom is 0.260 e. The first kappa shape index (κ1) is 19.6. The summed E-state index contributed by atoms with van der Waals surface area (Å²) in [6.07, 6.45) is 1.87. The van der Waals surface area contributed by atoms with Gasteiger partial charge >= 0.3 is 0 Å². The second-order valence-corrected chi connectivity index (χ2v) is 8.33. The largest absolute Gasteiger partial charge is 0.354 e. The SMILES string of the molecule is Cc1cc(/C=C2\SC(Nc3ccccc3F)NC2=O)c(C)n1-c1ccc(Cl)cc1. The first-order valence-corrected chi connectivity index (χ1v) is 10.3. The number of rotatable bonds is 4. The lowest BCUT2D eigenvalue weighted by atomic mass is 10.2. The molecule has 1 saturated heterocycles. The van der Waals surface area contributed by atoms with Crippen molar-refractivity contribution in [2.45, 2.75) is 19.3 Å². The Hall–Kier alpha value is -2.70. The quantitative estimate of drug-likeness (QED) is 0.541. The molecule has 0 aliphatic carbocycles. The first-order valence-electron chi connectivity index (χ1n) is 9.07. The average molecular weight is 428 g/mol. The van der Waals surface area contributed by atoms with Gasteiger partial charge in [-0.2, -0.15) is 0 Å². The number of para-hydroxylation sites is 1. The fourth-order valence-electron chi connectivity index (χ4n) is 3.35. The van der Waals surface area contributed by atoms with Crippen molar-refractivity contribution in [1.82, 2.24) is 9.88 Å². The Balaban J connectivity index is 1.58. The highest BCUT2D eigenvalue weighted by Gasteiger charge is 2.28. The van der Waals surface area contributed by atoms with Crippen molar-refractivity contribution < 1.29 is 9.18 Å². The Kier molecular flexibility index (Phi) is 5.39. The molecule has 2 heterocycles. The van der Waals surface area contributed by atoms with E-state index in [4.69, 9.17) is 11.6 Å². The topological polar surface area (TPSA) is 46.1 Å². The Bertz CT molecular complexity index is 1110. The number of hydrogen-bond donors (Lipinski definition) is 2. The second-order valence-electron chi connectivity index (χ2n) is 6.74. The van der Waals surface area contributed by atoms with Gasteiger partial charge in [-0.25, -0.2) is 4.39 Å². The Labute approximate surface area is 177 Å². The van der Waals surface area contributed by atoms with Gasteiger partial charge in [0, 0.05) is 22.1 Å². The van der Waals surface area contributed by atoms with E-state index in [2.05, 4.69) is 15.2 Å². The number of anilines is 1. The lowest BCUT2D eigenvalue weighted by molar-refractivity contribution is -0.116. The number of amides is 1. The zero-order chi connectivity index (χ0) is 20.5. The normalized spacial score (nSPS) is 17.6. The summed E-state index contributed by atoms with van der Waals surface area (Å²) in [5, 5.41) is 6.54. The van der Waals surface area contributed by atoms with E-state index in [0.717, 1.165) is 22.6 Å². The van der Waals surface area contributed by atoms with Gasteiger partial charge in [0.1, 0.15) is 5.82 Å². The summed E-state index contributed by atoms with van der Waals surface area (Å²) in [6, 6.07) is 16.1. The number of thioether (sulfide) groups is 1. The first-order chi connectivity index (χ1) is 13.9. The van der Waals surface area contributed by atoms with Crippen molar-refractivity contribution in [3.63, 3.8) is 0 Å². The van der Waals surface area contributed by atoms with Crippen LogP contribution in [0.15, 0.2) is 59.5 Å². The number of nitrogens with one attached hydrogen (secondary N) is 2. The predicted molar refractivity (Wildman–Crippen MR) is 118 cm³/mol. The fraction of sp³-hybridized carbons (Fsp3) is 0.136. The molecule has 1 fully saturated rings. The standard InChI is InChI=1S/C22H19ClFN3OS/c1-13-11-15(14(2)27(13)17-9-7-16(23)8-10-17)12-20-21(28)26-22(29-20)25-19-6-4-3-5-18(19)24/h3-12,22,25H,1-2H3,(H,26,28)/b20-12-. The number of aromatic nitrogens is 1. The number of carbonyl (C=O) groups is 1. The van der Waals surface area contributed by atoms with Crippen LogP contribution in [-0.4, -0.2) is 16.0 Å². The molecule has 29 heavy (non-hydrogen) atoms. The van der Waals surface area contributed by atoms with E-state index >= 15 is 0 Å². The molecule has 1 aliphatic heterocycles. The van der Waals surface area contributed by atoms with Crippen LogP contribution >= 0.6 is 23.4 Å². The van der Waals surface area contributed by atoms with E-state index in [9.17, 15) is 9.18 Å². The van der Waals surface area contributed by atoms with Crippen molar-refractivity contribution in [3.8, 4) is 5.69 Å². The lowest BCUT2D eigenvalue weighted by Gasteiger charge is -2.13. The molecule has 3 aromatic rings. The van der Waals surface area contributed by atoms with Gasteiger partial charge in [0.15, 0.2) is 5.50 Å². The van der Waals surface area contributed by atoms with Crippen LogP contribution in [0.25, 0.3) is 11.8 Å². The van der Waals surface area contributed by atoms with Crippen molar-refractivity contribution in [2.75, 3.05) is 5.32 Å². The van der Waals surface area contributed by atoms with Crippen molar-refractivity contribution in [3.05, 3.63) is 87.3 Å². The molecule has 1 unspecified atom stereocenters. The maximum atomic E-state index is 13.9. The zero-order valence-electron chi connectivity index (χ0n) is 15.9. The Morgan fingerprint density at radius 2 is 1.90 bits per heavy atom. The minimum Gasteiger partial charge on any atom is -0.354 e. The monoisotopic (exact) mass is 427 g/mol. The Morgan fingerprint density at radius 3 is 2.62 bits per heavy atom. The summed E-state index contributed by atoms with van der Waals surface area (Å²) in [7, 11) is 0. The summed E-state index contributed by atoms with van der Waals surface area (Å²) in [4.78, 5) is 13.0. The molecule has 1 atom stereocenters. The molecule has 0 radical (unpaired) electrons. The van der Waals surface area contributed by atoms with E-state index in [-0.39, 0.29) is 11.7 Å². The summed E-state index contributed by atoms with van der Waals surface area (Å²) >= 11 is 7.33. The molecule has 1 aliphatic rings. The van der Waals surface area contributed by atoms with Crippen molar-refractivity contribution >= 4 is 41.0 Å². The number of carbonyl (C=O) groups excluding carboxylic acids is 1. The molecule has 4 rings (SSSR count). The van der Waals surface area contributed by atoms with Gasteiger partial charge in [-0.1, -0.05) is 35.5 Å². The Morgan fingerprint density at radius 1 is 1.17 bits per heavy atom. The average Bonchev–Trinajstić information content (AvgIpc) is 3.17. The smallest absolute Gasteiger partial charge is 0.260 e. The minimum absolute atomic E-state index is 0.180. The minimum atomic E-state index is -0.426. The number of nitrogens with zero attached hydrogens (tertiary/aromatic N) is 1. The lowest BCUT2D eigenvalue weighted by Crippen LogP contribution is -2.31. The third-order valence-corrected chi connectivity index (χ3v) is 6.01. The summed E-state index contributed by atoms with van der Waals surface area (Å²) < 4.78 is 16.0. The van der Waals surface area contributed by atoms with Gasteiger partial charge in [-0.3, -0.25) is 4.79 Å². The van der Waals surface area contributed by atoms with Gasteiger partial charge in [0.25, 0.3) is 5.91 Å². The predicted octanol–water partition coefficient (Wildman–Crippen LogP) is 5.49. The van der Waals surface area contributed by atoms with Crippen molar-refractivity contribution in [1.29, 1.82) is 0 Å². The van der Waals surface area contributed by atoms with Crippen LogP contribution in [0.5, 0.6) is 0 Å². The van der Waals surface area contributed by atoms with Crippen LogP contribution in [0.2, 0.25) is 5.02 Å².